The summed E-state index contributed by atoms with van der Waals surface area (Å²) in [6, 6.07) is 10.3. The van der Waals surface area contributed by atoms with Gasteiger partial charge in [0, 0.05) is 23.8 Å². The number of para-hydroxylation sites is 1. The van der Waals surface area contributed by atoms with Gasteiger partial charge in [-0.15, -0.1) is 0 Å². The number of aryl methyl sites for hydroxylation is 2. The van der Waals surface area contributed by atoms with Crippen molar-refractivity contribution in [2.75, 3.05) is 13.2 Å². The van der Waals surface area contributed by atoms with Crippen LogP contribution in [0.15, 0.2) is 54.0 Å². The molecular weight excluding hydrogens is 408 g/mol. The molecule has 2 aromatic rings. The molecule has 1 saturated heterocycles. The molecule has 1 fully saturated rings. The number of phenolic OH excluding ortho intramolecular Hbond substituents is 1. The topological polar surface area (TPSA) is 148 Å². The van der Waals surface area contributed by atoms with Gasteiger partial charge in [-0.05, 0) is 61.7 Å². The quantitative estimate of drug-likeness (QED) is 0.447. The van der Waals surface area contributed by atoms with Crippen LogP contribution in [0.4, 0.5) is 0 Å². The highest BCUT2D eigenvalue weighted by atomic mass is 16.5. The Labute approximate surface area is 187 Å². The molecule has 0 saturated carbocycles. The van der Waals surface area contributed by atoms with Crippen LogP contribution in [0, 0.1) is 13.8 Å². The van der Waals surface area contributed by atoms with E-state index in [9.17, 15) is 15.0 Å². The lowest BCUT2D eigenvalue weighted by Gasteiger charge is -2.41. The number of carboxylic acids is 1. The Morgan fingerprint density at radius 3 is 2.44 bits per heavy atom. The molecule has 170 valence electrons. The molecule has 0 amide bonds. The second kappa shape index (κ2) is 9.23. The SMILES string of the molecule is Cc1cc(C2CN(C(/C=C(\N)c3ccccc3O)=C(N)N)C(C)CO2)c(C)cc1C(=O)O. The molecule has 0 bridgehead atoms. The summed E-state index contributed by atoms with van der Waals surface area (Å²) < 4.78 is 6.10. The van der Waals surface area contributed by atoms with Crippen molar-refractivity contribution in [3.05, 3.63) is 81.8 Å². The molecule has 0 aromatic heterocycles. The second-order valence-electron chi connectivity index (χ2n) is 8.11. The van der Waals surface area contributed by atoms with Crippen molar-refractivity contribution >= 4 is 11.7 Å². The molecule has 0 radical (unpaired) electrons. The number of morpholine rings is 1. The van der Waals surface area contributed by atoms with Crippen LogP contribution in [0.5, 0.6) is 5.75 Å². The fraction of sp³-hybridized carbons (Fsp3) is 0.292. The molecule has 3 rings (SSSR count). The van der Waals surface area contributed by atoms with Crippen molar-refractivity contribution in [2.45, 2.75) is 32.9 Å². The minimum Gasteiger partial charge on any atom is -0.507 e. The predicted molar refractivity (Wildman–Crippen MR) is 123 cm³/mol. The highest BCUT2D eigenvalue weighted by Gasteiger charge is 2.30. The van der Waals surface area contributed by atoms with Gasteiger partial charge in [-0.25, -0.2) is 4.79 Å². The average Bonchev–Trinajstić information content (AvgIpc) is 2.74. The van der Waals surface area contributed by atoms with Crippen LogP contribution in [0.3, 0.4) is 0 Å². The zero-order chi connectivity index (χ0) is 23.6. The van der Waals surface area contributed by atoms with Crippen LogP contribution < -0.4 is 17.2 Å². The van der Waals surface area contributed by atoms with Gasteiger partial charge in [0.2, 0.25) is 0 Å². The lowest BCUT2D eigenvalue weighted by Crippen LogP contribution is -2.45. The van der Waals surface area contributed by atoms with Crippen LogP contribution >= 0.6 is 0 Å². The number of nitrogens with zero attached hydrogens (tertiary/aromatic N) is 1. The normalized spacial score (nSPS) is 19.0. The van der Waals surface area contributed by atoms with E-state index in [4.69, 9.17) is 21.9 Å². The van der Waals surface area contributed by atoms with Gasteiger partial charge in [0.1, 0.15) is 17.7 Å². The van der Waals surface area contributed by atoms with Crippen molar-refractivity contribution in [2.24, 2.45) is 17.2 Å². The van der Waals surface area contributed by atoms with Gasteiger partial charge in [0.25, 0.3) is 0 Å². The van der Waals surface area contributed by atoms with Crippen molar-refractivity contribution < 1.29 is 19.7 Å². The molecule has 1 heterocycles. The van der Waals surface area contributed by atoms with Gasteiger partial charge in [-0.1, -0.05) is 18.2 Å². The monoisotopic (exact) mass is 438 g/mol. The number of aromatic carboxylic acids is 1. The van der Waals surface area contributed by atoms with Gasteiger partial charge in [0.05, 0.1) is 17.9 Å². The minimum absolute atomic E-state index is 0.0310. The van der Waals surface area contributed by atoms with E-state index in [-0.39, 0.29) is 29.3 Å². The third-order valence-corrected chi connectivity index (χ3v) is 5.74. The van der Waals surface area contributed by atoms with Crippen molar-refractivity contribution in [1.29, 1.82) is 0 Å². The Hall–Kier alpha value is -3.65. The number of carboxylic acid groups (broad SMARTS) is 1. The highest BCUT2D eigenvalue weighted by Crippen LogP contribution is 2.32. The van der Waals surface area contributed by atoms with E-state index in [1.165, 1.54) is 0 Å². The number of nitrogens with two attached hydrogens (primary N) is 3. The van der Waals surface area contributed by atoms with E-state index in [1.807, 2.05) is 24.8 Å². The maximum absolute atomic E-state index is 11.5. The summed E-state index contributed by atoms with van der Waals surface area (Å²) in [4.78, 5) is 13.5. The second-order valence-corrected chi connectivity index (χ2v) is 8.11. The zero-order valence-corrected chi connectivity index (χ0v) is 18.5. The maximum Gasteiger partial charge on any atom is 0.335 e. The Morgan fingerprint density at radius 1 is 1.12 bits per heavy atom. The Balaban J connectivity index is 1.95. The first-order valence-electron chi connectivity index (χ1n) is 10.3. The first-order chi connectivity index (χ1) is 15.1. The van der Waals surface area contributed by atoms with Gasteiger partial charge >= 0.3 is 5.97 Å². The minimum atomic E-state index is -0.956. The molecule has 2 aromatic carbocycles. The van der Waals surface area contributed by atoms with Crippen LogP contribution in [-0.2, 0) is 4.74 Å². The van der Waals surface area contributed by atoms with Crippen LogP contribution in [0.1, 0.15) is 45.6 Å². The van der Waals surface area contributed by atoms with Gasteiger partial charge in [-0.2, -0.15) is 0 Å². The zero-order valence-electron chi connectivity index (χ0n) is 18.5. The number of allylic oxidation sites excluding steroid dienone is 1. The van der Waals surface area contributed by atoms with Crippen LogP contribution in [0.25, 0.3) is 5.70 Å². The molecule has 0 aliphatic carbocycles. The molecule has 0 spiro atoms. The molecule has 1 aliphatic heterocycles. The summed E-state index contributed by atoms with van der Waals surface area (Å²) in [5, 5.41) is 19.5. The lowest BCUT2D eigenvalue weighted by atomic mass is 9.95. The van der Waals surface area contributed by atoms with Gasteiger partial charge in [0.15, 0.2) is 0 Å². The number of benzene rings is 2. The number of hydrogen-bond donors (Lipinski definition) is 5. The fourth-order valence-corrected chi connectivity index (χ4v) is 3.97. The standard InChI is InChI=1S/C24H30N4O4/c1-13-9-18(24(30)31)14(2)8-17(13)22-11-28(15(3)12-32-22)20(23(26)27)10-19(25)16-6-4-5-7-21(16)29/h4-10,15,22,29H,11-12,25-27H2,1-3H3,(H,30,31)/b19-10-. The molecule has 2 atom stereocenters. The number of hydrogen-bond acceptors (Lipinski definition) is 7. The molecule has 32 heavy (non-hydrogen) atoms. The molecule has 2 unspecified atom stereocenters. The van der Waals surface area contributed by atoms with Gasteiger partial charge in [-0.3, -0.25) is 0 Å². The van der Waals surface area contributed by atoms with E-state index in [1.54, 1.807) is 43.3 Å². The van der Waals surface area contributed by atoms with E-state index in [0.717, 1.165) is 11.1 Å². The summed E-state index contributed by atoms with van der Waals surface area (Å²) >= 11 is 0. The summed E-state index contributed by atoms with van der Waals surface area (Å²) in [5.74, 6) is -0.790. The lowest BCUT2D eigenvalue weighted by molar-refractivity contribution is -0.0460. The first kappa shape index (κ1) is 23.0. The summed E-state index contributed by atoms with van der Waals surface area (Å²) in [7, 11) is 0. The summed E-state index contributed by atoms with van der Waals surface area (Å²) in [6.07, 6.45) is 1.36. The van der Waals surface area contributed by atoms with E-state index >= 15 is 0 Å². The maximum atomic E-state index is 11.5. The molecule has 8 heteroatoms. The molecule has 8 N–H and O–H groups in total. The molecule has 1 aliphatic rings. The number of carbonyl (C=O) groups is 1. The van der Waals surface area contributed by atoms with Crippen LogP contribution in [0.2, 0.25) is 0 Å². The Kier molecular flexibility index (Phi) is 6.64. The van der Waals surface area contributed by atoms with Crippen molar-refractivity contribution in [3.8, 4) is 5.75 Å². The van der Waals surface area contributed by atoms with Gasteiger partial charge < -0.3 is 37.1 Å². The summed E-state index contributed by atoms with van der Waals surface area (Å²) in [5.41, 5.74) is 22.4. The van der Waals surface area contributed by atoms with E-state index < -0.39 is 5.97 Å². The van der Waals surface area contributed by atoms with Crippen molar-refractivity contribution in [3.63, 3.8) is 0 Å². The number of aromatic hydroxyl groups is 1. The Bertz CT molecular complexity index is 1090. The number of phenols is 1. The van der Waals surface area contributed by atoms with Crippen LogP contribution in [-0.4, -0.2) is 40.3 Å². The molecular formula is C24H30N4O4. The van der Waals surface area contributed by atoms with Crippen molar-refractivity contribution in [1.82, 2.24) is 4.90 Å². The average molecular weight is 439 g/mol. The molecule has 8 nitrogen and oxygen atoms in total. The summed E-state index contributed by atoms with van der Waals surface area (Å²) in [6.45, 7) is 6.51. The van der Waals surface area contributed by atoms with E-state index in [0.29, 0.717) is 35.7 Å². The largest absolute Gasteiger partial charge is 0.507 e. The van der Waals surface area contributed by atoms with E-state index in [2.05, 4.69) is 0 Å². The highest BCUT2D eigenvalue weighted by molar-refractivity contribution is 5.89. The number of ether oxygens (including phenoxy) is 1. The Morgan fingerprint density at radius 2 is 1.81 bits per heavy atom. The fourth-order valence-electron chi connectivity index (χ4n) is 3.97. The predicted octanol–water partition coefficient (Wildman–Crippen LogP) is 2.56. The number of rotatable bonds is 5. The third-order valence-electron chi connectivity index (χ3n) is 5.74. The third kappa shape index (κ3) is 4.65. The smallest absolute Gasteiger partial charge is 0.335 e. The first-order valence-corrected chi connectivity index (χ1v) is 10.3.